The zero-order chi connectivity index (χ0) is 26.5. The monoisotopic (exact) mass is 526 g/mol. The van der Waals surface area contributed by atoms with E-state index in [1.165, 1.54) is 35.6 Å². The van der Waals surface area contributed by atoms with Crippen molar-refractivity contribution in [2.75, 3.05) is 26.8 Å². The number of fused-ring (bicyclic) bond motifs is 1. The minimum atomic E-state index is -4.51. The first kappa shape index (κ1) is 27.3. The number of benzene rings is 1. The third-order valence-corrected chi connectivity index (χ3v) is 6.33. The predicted molar refractivity (Wildman–Crippen MR) is 125 cm³/mol. The molecule has 36 heavy (non-hydrogen) atoms. The number of imidazole rings is 1. The Labute approximate surface area is 208 Å². The van der Waals surface area contributed by atoms with Gasteiger partial charge in [-0.05, 0) is 31.5 Å². The summed E-state index contributed by atoms with van der Waals surface area (Å²) in [7, 11) is 1.56. The smallest absolute Gasteiger partial charge is 0.422 e. The van der Waals surface area contributed by atoms with Gasteiger partial charge >= 0.3 is 23.3 Å². The zero-order valence-electron chi connectivity index (χ0n) is 19.9. The lowest BCUT2D eigenvalue weighted by molar-refractivity contribution is -0.153. The molecule has 194 valence electrons. The molecule has 0 unspecified atom stereocenters. The van der Waals surface area contributed by atoms with Gasteiger partial charge in [-0.2, -0.15) is 18.2 Å². The maximum absolute atomic E-state index is 13.4. The standard InChI is InChI=1S/C23H25F3N4O5S/c1-15-18(27-10-9-20(15)35-14-23(24,25)26)13-36(33)21-28-17-7-4-5-8-19(17)30(21)22(32)29(3)11-6-12-34-16(2)31/h4-5,7-10H,6,11-14H2,1-3H3/t36-/m1/s1. The van der Waals surface area contributed by atoms with Crippen molar-refractivity contribution in [2.45, 2.75) is 37.4 Å². The largest absolute Gasteiger partial charge is 0.609 e. The number of ether oxygens (including phenoxy) is 2. The van der Waals surface area contributed by atoms with Crippen molar-refractivity contribution in [3.05, 3.63) is 47.8 Å². The van der Waals surface area contributed by atoms with Crippen LogP contribution < -0.4 is 4.74 Å². The predicted octanol–water partition coefficient (Wildman–Crippen LogP) is 3.84. The normalized spacial score (nSPS) is 12.4. The second-order valence-corrected chi connectivity index (χ2v) is 9.24. The average molecular weight is 527 g/mol. The van der Waals surface area contributed by atoms with Crippen LogP contribution in [0.1, 0.15) is 24.6 Å². The highest BCUT2D eigenvalue weighted by atomic mass is 32.2. The topological polar surface area (TPSA) is 110 Å². The number of esters is 1. The Hall–Kier alpha value is -3.32. The van der Waals surface area contributed by atoms with Gasteiger partial charge in [0.2, 0.25) is 0 Å². The highest BCUT2D eigenvalue weighted by molar-refractivity contribution is 7.90. The highest BCUT2D eigenvalue weighted by Crippen LogP contribution is 2.27. The number of amides is 1. The molecule has 0 aliphatic carbocycles. The molecule has 9 nitrogen and oxygen atoms in total. The first-order chi connectivity index (χ1) is 17.0. The number of carbonyl (C=O) groups excluding carboxylic acids is 2. The van der Waals surface area contributed by atoms with Crippen LogP contribution in [0.5, 0.6) is 5.75 Å². The van der Waals surface area contributed by atoms with E-state index < -0.39 is 36.0 Å². The summed E-state index contributed by atoms with van der Waals surface area (Å²) >= 11 is -1.87. The van der Waals surface area contributed by atoms with Crippen molar-refractivity contribution in [1.82, 2.24) is 19.4 Å². The Bertz CT molecular complexity index is 1230. The summed E-state index contributed by atoms with van der Waals surface area (Å²) in [6.45, 7) is 1.77. The number of alkyl halides is 3. The molecule has 0 aliphatic heterocycles. The Morgan fingerprint density at radius 3 is 2.64 bits per heavy atom. The van der Waals surface area contributed by atoms with Gasteiger partial charge in [-0.1, -0.05) is 12.1 Å². The molecular formula is C23H25F3N4O5S. The van der Waals surface area contributed by atoms with Gasteiger partial charge in [0.15, 0.2) is 12.4 Å². The van der Waals surface area contributed by atoms with Crippen LogP contribution in [0.3, 0.4) is 0 Å². The van der Waals surface area contributed by atoms with Crippen LogP contribution in [0.4, 0.5) is 18.0 Å². The summed E-state index contributed by atoms with van der Waals surface area (Å²) in [5, 5.41) is -0.0177. The maximum atomic E-state index is 13.4. The molecular weight excluding hydrogens is 501 g/mol. The highest BCUT2D eigenvalue weighted by Gasteiger charge is 2.31. The number of hydrogen-bond acceptors (Lipinski definition) is 7. The van der Waals surface area contributed by atoms with Crippen molar-refractivity contribution in [3.8, 4) is 5.75 Å². The van der Waals surface area contributed by atoms with Crippen LogP contribution in [0.2, 0.25) is 0 Å². The van der Waals surface area contributed by atoms with Gasteiger partial charge in [-0.15, -0.1) is 0 Å². The number of rotatable bonds is 9. The average Bonchev–Trinajstić information content (AvgIpc) is 3.20. The maximum Gasteiger partial charge on any atom is 0.422 e. The number of aromatic nitrogens is 3. The lowest BCUT2D eigenvalue weighted by Gasteiger charge is -2.19. The van der Waals surface area contributed by atoms with Crippen molar-refractivity contribution >= 4 is 34.2 Å². The molecule has 3 aromatic rings. The van der Waals surface area contributed by atoms with Gasteiger partial charge in [0.25, 0.3) is 0 Å². The lowest BCUT2D eigenvalue weighted by Crippen LogP contribution is -2.34. The number of pyridine rings is 1. The van der Waals surface area contributed by atoms with Gasteiger partial charge in [0.1, 0.15) is 5.75 Å². The molecule has 0 saturated heterocycles. The van der Waals surface area contributed by atoms with Gasteiger partial charge in [0, 0.05) is 43.5 Å². The van der Waals surface area contributed by atoms with E-state index in [0.717, 1.165) is 0 Å². The van der Waals surface area contributed by atoms with Gasteiger partial charge in [-0.25, -0.2) is 9.36 Å². The molecule has 0 saturated carbocycles. The fourth-order valence-corrected chi connectivity index (χ4v) is 4.58. The molecule has 1 aromatic carbocycles. The number of nitrogens with zero attached hydrogens (tertiary/aromatic N) is 4. The first-order valence-corrected chi connectivity index (χ1v) is 12.2. The van der Waals surface area contributed by atoms with Crippen LogP contribution in [0, 0.1) is 6.92 Å². The number of halogens is 3. The molecule has 0 spiro atoms. The van der Waals surface area contributed by atoms with E-state index in [2.05, 4.69) is 9.97 Å². The lowest BCUT2D eigenvalue weighted by atomic mass is 10.2. The molecule has 0 bridgehead atoms. The van der Waals surface area contributed by atoms with Crippen LogP contribution in [-0.4, -0.2) is 69.0 Å². The minimum absolute atomic E-state index is 0.0177. The van der Waals surface area contributed by atoms with Crippen molar-refractivity contribution < 1.29 is 36.8 Å². The Morgan fingerprint density at radius 2 is 1.94 bits per heavy atom. The van der Waals surface area contributed by atoms with E-state index in [-0.39, 0.29) is 35.5 Å². The van der Waals surface area contributed by atoms with Crippen LogP contribution in [-0.2, 0) is 26.5 Å². The van der Waals surface area contributed by atoms with Crippen LogP contribution >= 0.6 is 0 Å². The molecule has 2 heterocycles. The Kier molecular flexibility index (Phi) is 8.79. The number of para-hydroxylation sites is 2. The van der Waals surface area contributed by atoms with Crippen molar-refractivity contribution in [3.63, 3.8) is 0 Å². The summed E-state index contributed by atoms with van der Waals surface area (Å²) < 4.78 is 62.1. The number of hydrogen-bond donors (Lipinski definition) is 0. The Balaban J connectivity index is 1.85. The van der Waals surface area contributed by atoms with E-state index in [0.29, 0.717) is 23.0 Å². The summed E-state index contributed by atoms with van der Waals surface area (Å²) in [5.74, 6) is -0.632. The molecule has 0 fully saturated rings. The molecule has 3 rings (SSSR count). The quantitative estimate of drug-likeness (QED) is 0.237. The minimum Gasteiger partial charge on any atom is -0.609 e. The summed E-state index contributed by atoms with van der Waals surface area (Å²) in [4.78, 5) is 34.2. The van der Waals surface area contributed by atoms with E-state index in [4.69, 9.17) is 9.47 Å². The second-order valence-electron chi connectivity index (χ2n) is 7.89. The third kappa shape index (κ3) is 6.88. The molecule has 0 radical (unpaired) electrons. The van der Waals surface area contributed by atoms with Crippen LogP contribution in [0.25, 0.3) is 11.0 Å². The SMILES string of the molecule is CC(=O)OCCCN(C)C(=O)n1c([S@+]([O-])Cc2nccc(OCC(F)(F)F)c2C)nc2ccccc21. The third-order valence-electron chi connectivity index (χ3n) is 5.11. The summed E-state index contributed by atoms with van der Waals surface area (Å²) in [5.41, 5.74) is 1.47. The molecule has 1 atom stereocenters. The molecule has 13 heteroatoms. The van der Waals surface area contributed by atoms with Crippen molar-refractivity contribution in [1.29, 1.82) is 0 Å². The van der Waals surface area contributed by atoms with Crippen LogP contribution in [0.15, 0.2) is 41.7 Å². The zero-order valence-corrected chi connectivity index (χ0v) is 20.7. The van der Waals surface area contributed by atoms with E-state index in [1.807, 2.05) is 0 Å². The number of carbonyl (C=O) groups is 2. The summed E-state index contributed by atoms with van der Waals surface area (Å²) in [6, 6.07) is 7.61. The Morgan fingerprint density at radius 1 is 1.22 bits per heavy atom. The molecule has 1 amide bonds. The van der Waals surface area contributed by atoms with Gasteiger partial charge < -0.3 is 18.9 Å². The fourth-order valence-electron chi connectivity index (χ4n) is 3.33. The van der Waals surface area contributed by atoms with E-state index in [1.54, 1.807) is 31.3 Å². The summed E-state index contributed by atoms with van der Waals surface area (Å²) in [6.07, 6.45) is -2.83. The molecule has 2 aromatic heterocycles. The molecule has 0 N–H and O–H groups in total. The van der Waals surface area contributed by atoms with Gasteiger partial charge in [0.05, 0.1) is 23.3 Å². The first-order valence-electron chi connectivity index (χ1n) is 10.9. The molecule has 0 aliphatic rings. The fraction of sp³-hybridized carbons (Fsp3) is 0.391. The van der Waals surface area contributed by atoms with E-state index >= 15 is 0 Å². The second kappa shape index (κ2) is 11.6. The van der Waals surface area contributed by atoms with Gasteiger partial charge in [-0.3, -0.25) is 9.78 Å². The van der Waals surface area contributed by atoms with Crippen molar-refractivity contribution in [2.24, 2.45) is 0 Å². The van der Waals surface area contributed by atoms with E-state index in [9.17, 15) is 27.3 Å².